The molecule has 0 unspecified atom stereocenters. The van der Waals surface area contributed by atoms with Gasteiger partial charge in [0.1, 0.15) is 11.4 Å². The van der Waals surface area contributed by atoms with E-state index in [1.165, 1.54) is 18.2 Å². The first kappa shape index (κ1) is 23.6. The number of carbonyl (C=O) groups excluding carboxylic acids is 3. The van der Waals surface area contributed by atoms with Crippen molar-refractivity contribution in [1.29, 1.82) is 0 Å². The van der Waals surface area contributed by atoms with Gasteiger partial charge >= 0.3 is 18.2 Å². The fourth-order valence-electron chi connectivity index (χ4n) is 2.24. The minimum Gasteiger partial charge on any atom is -0.444 e. The maximum Gasteiger partial charge on any atom is 0.471 e. The Morgan fingerprint density at radius 2 is 1.45 bits per heavy atom. The molecule has 0 aliphatic carbocycles. The molecule has 0 bridgehead atoms. The number of amides is 3. The molecule has 31 heavy (non-hydrogen) atoms. The van der Waals surface area contributed by atoms with Crippen molar-refractivity contribution < 1.29 is 36.7 Å². The van der Waals surface area contributed by atoms with Crippen LogP contribution in [0.25, 0.3) is 0 Å². The van der Waals surface area contributed by atoms with Crippen molar-refractivity contribution in [3.05, 3.63) is 53.8 Å². The van der Waals surface area contributed by atoms with Gasteiger partial charge in [-0.15, -0.1) is 0 Å². The van der Waals surface area contributed by atoms with Crippen molar-refractivity contribution in [2.75, 3.05) is 16.0 Å². The van der Waals surface area contributed by atoms with Crippen molar-refractivity contribution in [3.63, 3.8) is 0 Å². The highest BCUT2D eigenvalue weighted by Crippen LogP contribution is 2.25. The van der Waals surface area contributed by atoms with Gasteiger partial charge in [0.25, 0.3) is 5.91 Å². The summed E-state index contributed by atoms with van der Waals surface area (Å²) in [5.74, 6) is -3.50. The molecule has 11 heteroatoms. The van der Waals surface area contributed by atoms with Gasteiger partial charge in [0.15, 0.2) is 0 Å². The summed E-state index contributed by atoms with van der Waals surface area (Å²) in [6, 6.07) is 7.86. The van der Waals surface area contributed by atoms with Crippen LogP contribution in [0.3, 0.4) is 0 Å². The van der Waals surface area contributed by atoms with Crippen LogP contribution in [0.5, 0.6) is 0 Å². The maximum atomic E-state index is 13.6. The monoisotopic (exact) mass is 441 g/mol. The van der Waals surface area contributed by atoms with Gasteiger partial charge in [0.05, 0.1) is 11.4 Å². The predicted molar refractivity (Wildman–Crippen MR) is 105 cm³/mol. The van der Waals surface area contributed by atoms with Gasteiger partial charge in [-0.25, -0.2) is 9.18 Å². The number of anilines is 3. The largest absolute Gasteiger partial charge is 0.471 e. The number of rotatable bonds is 4. The summed E-state index contributed by atoms with van der Waals surface area (Å²) in [4.78, 5) is 35.3. The number of carbonyl (C=O) groups is 3. The lowest BCUT2D eigenvalue weighted by atomic mass is 10.1. The van der Waals surface area contributed by atoms with Crippen LogP contribution in [0.4, 0.5) is 39.4 Å². The first-order valence-corrected chi connectivity index (χ1v) is 8.84. The molecule has 0 aromatic heterocycles. The normalized spacial score (nSPS) is 11.5. The predicted octanol–water partition coefficient (Wildman–Crippen LogP) is 4.93. The third-order valence-electron chi connectivity index (χ3n) is 3.53. The number of halogens is 4. The minimum atomic E-state index is -5.05. The Morgan fingerprint density at radius 1 is 0.839 bits per heavy atom. The number of alkyl halides is 3. The van der Waals surface area contributed by atoms with E-state index in [0.717, 1.165) is 24.3 Å². The van der Waals surface area contributed by atoms with Crippen LogP contribution in [0.2, 0.25) is 0 Å². The molecule has 0 atom stereocenters. The Bertz CT molecular complexity index is 983. The van der Waals surface area contributed by atoms with E-state index in [9.17, 15) is 31.9 Å². The summed E-state index contributed by atoms with van der Waals surface area (Å²) in [5, 5.41) is 6.46. The Morgan fingerprint density at radius 3 is 2.00 bits per heavy atom. The van der Waals surface area contributed by atoms with Crippen molar-refractivity contribution in [2.24, 2.45) is 0 Å². The molecule has 3 N–H and O–H groups in total. The molecular weight excluding hydrogens is 422 g/mol. The molecular formula is C20H19F4N3O4. The first-order chi connectivity index (χ1) is 14.2. The summed E-state index contributed by atoms with van der Waals surface area (Å²) < 4.78 is 55.6. The zero-order chi connectivity index (χ0) is 23.4. The van der Waals surface area contributed by atoms with E-state index in [1.54, 1.807) is 26.1 Å². The fourth-order valence-corrected chi connectivity index (χ4v) is 2.24. The summed E-state index contributed by atoms with van der Waals surface area (Å²) in [6.07, 6.45) is -5.91. The molecule has 0 saturated heterocycles. The van der Waals surface area contributed by atoms with Gasteiger partial charge < -0.3 is 15.4 Å². The van der Waals surface area contributed by atoms with Gasteiger partial charge in [0, 0.05) is 11.3 Å². The molecule has 7 nitrogen and oxygen atoms in total. The van der Waals surface area contributed by atoms with E-state index in [0.29, 0.717) is 0 Å². The first-order valence-electron chi connectivity index (χ1n) is 8.84. The third kappa shape index (κ3) is 7.28. The number of benzene rings is 2. The quantitative estimate of drug-likeness (QED) is 0.587. The van der Waals surface area contributed by atoms with Gasteiger partial charge in [-0.05, 0) is 63.2 Å². The summed E-state index contributed by atoms with van der Waals surface area (Å²) >= 11 is 0. The smallest absolute Gasteiger partial charge is 0.444 e. The van der Waals surface area contributed by atoms with Gasteiger partial charge in [-0.1, -0.05) is 0 Å². The zero-order valence-corrected chi connectivity index (χ0v) is 16.7. The van der Waals surface area contributed by atoms with E-state index in [1.807, 2.05) is 0 Å². The molecule has 2 rings (SSSR count). The summed E-state index contributed by atoms with van der Waals surface area (Å²) in [6.45, 7) is 4.92. The minimum absolute atomic E-state index is 0.0394. The molecule has 0 fully saturated rings. The molecule has 2 aromatic rings. The standard InChI is InChI=1S/C20H19F4N3O4/c1-19(2,3)31-18(30)27-15-10-12(21)6-9-14(15)26-16(28)11-4-7-13(8-5-11)25-17(29)20(22,23)24/h4-10H,1-3H3,(H,25,29)(H,26,28)(H,27,30). The topological polar surface area (TPSA) is 96.5 Å². The van der Waals surface area contributed by atoms with Crippen LogP contribution in [-0.4, -0.2) is 29.7 Å². The molecule has 0 radical (unpaired) electrons. The number of hydrogen-bond acceptors (Lipinski definition) is 4. The lowest BCUT2D eigenvalue weighted by Gasteiger charge is -2.20. The highest BCUT2D eigenvalue weighted by atomic mass is 19.4. The van der Waals surface area contributed by atoms with Crippen LogP contribution in [0.1, 0.15) is 31.1 Å². The zero-order valence-electron chi connectivity index (χ0n) is 16.7. The van der Waals surface area contributed by atoms with Crippen LogP contribution in [0.15, 0.2) is 42.5 Å². The Balaban J connectivity index is 2.13. The Kier molecular flexibility index (Phi) is 6.88. The average Bonchev–Trinajstić information content (AvgIpc) is 2.62. The van der Waals surface area contributed by atoms with Crippen LogP contribution in [-0.2, 0) is 9.53 Å². The Hall–Kier alpha value is -3.63. The van der Waals surface area contributed by atoms with Gasteiger partial charge in [-0.3, -0.25) is 14.9 Å². The number of ether oxygens (including phenoxy) is 1. The van der Waals surface area contributed by atoms with Crippen molar-refractivity contribution in [2.45, 2.75) is 32.5 Å². The summed E-state index contributed by atoms with van der Waals surface area (Å²) in [7, 11) is 0. The van der Waals surface area contributed by atoms with Crippen molar-refractivity contribution in [1.82, 2.24) is 0 Å². The molecule has 0 heterocycles. The highest BCUT2D eigenvalue weighted by Gasteiger charge is 2.38. The third-order valence-corrected chi connectivity index (χ3v) is 3.53. The molecule has 0 saturated carbocycles. The molecule has 2 aromatic carbocycles. The highest BCUT2D eigenvalue weighted by molar-refractivity contribution is 6.07. The van der Waals surface area contributed by atoms with Crippen molar-refractivity contribution >= 4 is 35.0 Å². The second-order valence-corrected chi connectivity index (χ2v) is 7.30. The second kappa shape index (κ2) is 9.02. The number of hydrogen-bond donors (Lipinski definition) is 3. The molecule has 3 amide bonds. The molecule has 0 spiro atoms. The number of nitrogens with one attached hydrogen (secondary N) is 3. The van der Waals surface area contributed by atoms with Crippen LogP contribution in [0, 0.1) is 5.82 Å². The van der Waals surface area contributed by atoms with E-state index in [4.69, 9.17) is 4.74 Å². The molecule has 0 aliphatic rings. The van der Waals surface area contributed by atoms with Gasteiger partial charge in [-0.2, -0.15) is 13.2 Å². The van der Waals surface area contributed by atoms with Crippen LogP contribution >= 0.6 is 0 Å². The lowest BCUT2D eigenvalue weighted by Crippen LogP contribution is -2.29. The van der Waals surface area contributed by atoms with Crippen LogP contribution < -0.4 is 16.0 Å². The van der Waals surface area contributed by atoms with E-state index in [2.05, 4.69) is 10.6 Å². The SMILES string of the molecule is CC(C)(C)OC(=O)Nc1cc(F)ccc1NC(=O)c1ccc(NC(=O)C(F)(F)F)cc1. The van der Waals surface area contributed by atoms with E-state index >= 15 is 0 Å². The van der Waals surface area contributed by atoms with E-state index < -0.39 is 35.5 Å². The second-order valence-electron chi connectivity index (χ2n) is 7.30. The van der Waals surface area contributed by atoms with E-state index in [-0.39, 0.29) is 22.6 Å². The maximum absolute atomic E-state index is 13.6. The molecule has 166 valence electrons. The molecule has 0 aliphatic heterocycles. The average molecular weight is 441 g/mol. The van der Waals surface area contributed by atoms with Gasteiger partial charge in [0.2, 0.25) is 0 Å². The summed E-state index contributed by atoms with van der Waals surface area (Å²) in [5.41, 5.74) is -0.918. The fraction of sp³-hybridized carbons (Fsp3) is 0.250. The van der Waals surface area contributed by atoms with Crippen molar-refractivity contribution in [3.8, 4) is 0 Å². The Labute approximate surface area is 174 Å². The lowest BCUT2D eigenvalue weighted by molar-refractivity contribution is -0.167.